The van der Waals surface area contributed by atoms with Crippen molar-refractivity contribution in [1.82, 2.24) is 9.78 Å². The number of anilines is 1. The van der Waals surface area contributed by atoms with E-state index in [2.05, 4.69) is 24.2 Å². The molecule has 1 aromatic carbocycles. The number of aromatic carboxylic acids is 1. The molecule has 0 atom stereocenters. The Morgan fingerprint density at radius 2 is 1.74 bits per heavy atom. The first-order chi connectivity index (χ1) is 16.8. The number of nitrogens with zero attached hydrogens (tertiary/aromatic N) is 3. The number of carbonyl (C=O) groups is 2. The number of ether oxygens (including phenoxy) is 1. The lowest BCUT2D eigenvalue weighted by atomic mass is 9.82. The maximum Gasteiger partial charge on any atom is 0.341 e. The molecule has 35 heavy (non-hydrogen) atoms. The molecule has 0 radical (unpaired) electrons. The Balaban J connectivity index is 1.57. The quantitative estimate of drug-likeness (QED) is 0.561. The normalized spacial score (nSPS) is 21.5. The third kappa shape index (κ3) is 6.01. The van der Waals surface area contributed by atoms with Gasteiger partial charge in [0.2, 0.25) is 5.91 Å². The van der Waals surface area contributed by atoms with E-state index < -0.39 is 5.97 Å². The van der Waals surface area contributed by atoms with E-state index in [1.807, 2.05) is 38.1 Å². The van der Waals surface area contributed by atoms with E-state index in [9.17, 15) is 14.7 Å². The highest BCUT2D eigenvalue weighted by molar-refractivity contribution is 6.01. The van der Waals surface area contributed by atoms with Gasteiger partial charge < -0.3 is 9.84 Å². The first-order valence-corrected chi connectivity index (χ1v) is 12.9. The van der Waals surface area contributed by atoms with Gasteiger partial charge in [0.1, 0.15) is 5.56 Å². The predicted molar refractivity (Wildman–Crippen MR) is 137 cm³/mol. The van der Waals surface area contributed by atoms with Crippen LogP contribution in [0, 0.1) is 17.8 Å². The smallest absolute Gasteiger partial charge is 0.341 e. The Bertz CT molecular complexity index is 1040. The van der Waals surface area contributed by atoms with Crippen molar-refractivity contribution in [2.75, 3.05) is 18.1 Å². The first-order valence-electron chi connectivity index (χ1n) is 12.9. The average molecular weight is 480 g/mol. The molecule has 0 unspecified atom stereocenters. The third-order valence-electron chi connectivity index (χ3n) is 7.26. The highest BCUT2D eigenvalue weighted by Crippen LogP contribution is 2.32. The molecule has 2 fully saturated rings. The van der Waals surface area contributed by atoms with Gasteiger partial charge >= 0.3 is 5.97 Å². The van der Waals surface area contributed by atoms with Crippen LogP contribution in [0.5, 0.6) is 0 Å². The van der Waals surface area contributed by atoms with Gasteiger partial charge in [-0.15, -0.1) is 5.10 Å². The Morgan fingerprint density at radius 3 is 2.34 bits per heavy atom. The minimum atomic E-state index is -1.09. The number of benzene rings is 1. The second-order valence-corrected chi connectivity index (χ2v) is 10.3. The minimum absolute atomic E-state index is 0.0201. The van der Waals surface area contributed by atoms with Gasteiger partial charge in [0.15, 0.2) is 5.82 Å². The Labute approximate surface area is 207 Å². The fraction of sp³-hybridized carbons (Fsp3) is 0.536. The van der Waals surface area contributed by atoms with Crippen LogP contribution in [0.2, 0.25) is 0 Å². The molecule has 1 N–H and O–H groups in total. The van der Waals surface area contributed by atoms with Crippen molar-refractivity contribution < 1.29 is 19.4 Å². The number of carboxylic acids is 1. The van der Waals surface area contributed by atoms with Gasteiger partial charge in [0.25, 0.3) is 0 Å². The molecule has 2 aromatic rings. The number of carboxylic acid groups (broad SMARTS) is 1. The minimum Gasteiger partial charge on any atom is -0.477 e. The van der Waals surface area contributed by atoms with Crippen LogP contribution in [0.1, 0.15) is 75.2 Å². The summed E-state index contributed by atoms with van der Waals surface area (Å²) in [7, 11) is 0. The largest absolute Gasteiger partial charge is 0.477 e. The summed E-state index contributed by atoms with van der Waals surface area (Å²) >= 11 is 0. The Hall–Kier alpha value is -2.93. The molecule has 0 bridgehead atoms. The van der Waals surface area contributed by atoms with Crippen LogP contribution in [0.3, 0.4) is 0 Å². The number of carbonyl (C=O) groups excluding carboxylic acids is 1. The molecule has 1 aliphatic heterocycles. The maximum atomic E-state index is 13.5. The zero-order chi connectivity index (χ0) is 24.9. The second kappa shape index (κ2) is 11.2. The van der Waals surface area contributed by atoms with E-state index in [-0.39, 0.29) is 29.2 Å². The van der Waals surface area contributed by atoms with Gasteiger partial charge in [-0.25, -0.2) is 9.48 Å². The fourth-order valence-corrected chi connectivity index (χ4v) is 5.03. The zero-order valence-electron chi connectivity index (χ0n) is 21.0. The van der Waals surface area contributed by atoms with E-state index in [4.69, 9.17) is 4.74 Å². The molecule has 2 aliphatic rings. The third-order valence-corrected chi connectivity index (χ3v) is 7.26. The maximum absolute atomic E-state index is 13.5. The van der Waals surface area contributed by atoms with Crippen molar-refractivity contribution >= 4 is 23.8 Å². The van der Waals surface area contributed by atoms with E-state index in [0.717, 1.165) is 63.0 Å². The summed E-state index contributed by atoms with van der Waals surface area (Å²) in [5, 5.41) is 14.5. The SMILES string of the molecule is CC1CCC(C(=O)N(c2nn(-c3ccc(/C=C/C4CCOCC4)cc3)cc2C(=O)O)C(C)C)CC1. The standard InChI is InChI=1S/C28H37N3O4/c1-19(2)31(27(32)23-10-4-20(3)5-11-23)26-25(28(33)34)18-30(29-26)24-12-8-21(9-13-24)6-7-22-14-16-35-17-15-22/h6-9,12-13,18-20,22-23H,4-5,10-11,14-17H2,1-3H3,(H,33,34)/b7-6+. The van der Waals surface area contributed by atoms with Gasteiger partial charge in [-0.05, 0) is 81.9 Å². The van der Waals surface area contributed by atoms with Crippen molar-refractivity contribution in [3.05, 3.63) is 47.7 Å². The summed E-state index contributed by atoms with van der Waals surface area (Å²) in [4.78, 5) is 27.2. The van der Waals surface area contributed by atoms with Gasteiger partial charge in [-0.3, -0.25) is 9.69 Å². The first kappa shape index (κ1) is 25.2. The van der Waals surface area contributed by atoms with Crippen LogP contribution in [-0.4, -0.2) is 46.0 Å². The summed E-state index contributed by atoms with van der Waals surface area (Å²) < 4.78 is 6.99. The van der Waals surface area contributed by atoms with Crippen molar-refractivity contribution in [1.29, 1.82) is 0 Å². The van der Waals surface area contributed by atoms with Gasteiger partial charge in [-0.2, -0.15) is 0 Å². The Kier molecular flexibility index (Phi) is 8.06. The number of rotatable bonds is 7. The molecule has 1 saturated carbocycles. The lowest BCUT2D eigenvalue weighted by molar-refractivity contribution is -0.124. The number of hydrogen-bond donors (Lipinski definition) is 1. The predicted octanol–water partition coefficient (Wildman–Crippen LogP) is 5.58. The molecule has 4 rings (SSSR count). The van der Waals surface area contributed by atoms with Gasteiger partial charge in [0.05, 0.1) is 5.69 Å². The number of aromatic nitrogens is 2. The van der Waals surface area contributed by atoms with E-state index in [1.165, 1.54) is 6.20 Å². The topological polar surface area (TPSA) is 84.7 Å². The molecule has 1 saturated heterocycles. The molecule has 1 amide bonds. The van der Waals surface area contributed by atoms with Crippen molar-refractivity contribution in [2.45, 2.75) is 65.3 Å². The summed E-state index contributed by atoms with van der Waals surface area (Å²) in [5.74, 6) is 0.213. The zero-order valence-corrected chi connectivity index (χ0v) is 21.0. The van der Waals surface area contributed by atoms with Crippen LogP contribution >= 0.6 is 0 Å². The van der Waals surface area contributed by atoms with E-state index in [0.29, 0.717) is 11.8 Å². The molecular formula is C28H37N3O4. The van der Waals surface area contributed by atoms with Crippen LogP contribution in [0.25, 0.3) is 11.8 Å². The average Bonchev–Trinajstić information content (AvgIpc) is 3.29. The van der Waals surface area contributed by atoms with Crippen molar-refractivity contribution in [3.63, 3.8) is 0 Å². The summed E-state index contributed by atoms with van der Waals surface area (Å²) in [5.41, 5.74) is 1.88. The molecular weight excluding hydrogens is 442 g/mol. The number of hydrogen-bond acceptors (Lipinski definition) is 4. The summed E-state index contributed by atoms with van der Waals surface area (Å²) in [6, 6.07) is 7.66. The molecule has 188 valence electrons. The Morgan fingerprint density at radius 1 is 1.09 bits per heavy atom. The highest BCUT2D eigenvalue weighted by atomic mass is 16.5. The summed E-state index contributed by atoms with van der Waals surface area (Å²) in [6.45, 7) is 7.67. The van der Waals surface area contributed by atoms with Crippen LogP contribution in [0.15, 0.2) is 36.5 Å². The lowest BCUT2D eigenvalue weighted by Gasteiger charge is -2.32. The lowest BCUT2D eigenvalue weighted by Crippen LogP contribution is -2.43. The number of amides is 1. The molecule has 7 heteroatoms. The van der Waals surface area contributed by atoms with E-state index in [1.54, 1.807) is 9.58 Å². The fourth-order valence-electron chi connectivity index (χ4n) is 5.03. The van der Waals surface area contributed by atoms with E-state index >= 15 is 0 Å². The molecule has 7 nitrogen and oxygen atoms in total. The molecule has 0 spiro atoms. The molecule has 1 aliphatic carbocycles. The monoisotopic (exact) mass is 479 g/mol. The number of allylic oxidation sites excluding steroid dienone is 1. The van der Waals surface area contributed by atoms with Crippen molar-refractivity contribution in [2.24, 2.45) is 17.8 Å². The summed E-state index contributed by atoms with van der Waals surface area (Å²) in [6.07, 6.45) is 11.7. The van der Waals surface area contributed by atoms with Crippen LogP contribution < -0.4 is 4.90 Å². The second-order valence-electron chi connectivity index (χ2n) is 10.3. The molecule has 2 heterocycles. The molecule has 1 aromatic heterocycles. The highest BCUT2D eigenvalue weighted by Gasteiger charge is 2.34. The van der Waals surface area contributed by atoms with Gasteiger partial charge in [0, 0.05) is 31.4 Å². The van der Waals surface area contributed by atoms with Crippen LogP contribution in [0.4, 0.5) is 5.82 Å². The van der Waals surface area contributed by atoms with Crippen molar-refractivity contribution in [3.8, 4) is 5.69 Å². The van der Waals surface area contributed by atoms with Crippen LogP contribution in [-0.2, 0) is 9.53 Å². The van der Waals surface area contributed by atoms with Gasteiger partial charge in [-0.1, -0.05) is 31.2 Å².